The highest BCUT2D eigenvalue weighted by Crippen LogP contribution is 2.26. The predicted octanol–water partition coefficient (Wildman–Crippen LogP) is 5.24. The molecular formula is C25H21FN2O4. The Kier molecular flexibility index (Phi) is 5.73. The second kappa shape index (κ2) is 8.63. The van der Waals surface area contributed by atoms with Gasteiger partial charge >= 0.3 is 5.97 Å². The highest BCUT2D eigenvalue weighted by atomic mass is 19.1. The molecule has 0 N–H and O–H groups in total. The Bertz CT molecular complexity index is 1290. The van der Waals surface area contributed by atoms with E-state index in [2.05, 4.69) is 5.16 Å². The molecule has 4 rings (SSSR count). The first kappa shape index (κ1) is 21.2. The van der Waals surface area contributed by atoms with Crippen LogP contribution in [0.2, 0.25) is 0 Å². The van der Waals surface area contributed by atoms with Crippen LogP contribution in [0.4, 0.5) is 4.39 Å². The molecule has 162 valence electrons. The molecule has 0 saturated heterocycles. The van der Waals surface area contributed by atoms with Crippen LogP contribution in [-0.4, -0.2) is 28.1 Å². The van der Waals surface area contributed by atoms with E-state index >= 15 is 0 Å². The molecule has 0 aliphatic rings. The zero-order chi connectivity index (χ0) is 22.8. The van der Waals surface area contributed by atoms with Crippen LogP contribution in [-0.2, 0) is 4.74 Å². The van der Waals surface area contributed by atoms with E-state index in [0.717, 1.165) is 11.4 Å². The van der Waals surface area contributed by atoms with Crippen LogP contribution < -0.4 is 0 Å². The molecule has 32 heavy (non-hydrogen) atoms. The summed E-state index contributed by atoms with van der Waals surface area (Å²) in [6.45, 7) is 4.84. The second-order valence-electron chi connectivity index (χ2n) is 7.42. The minimum Gasteiger partial charge on any atom is -0.454 e. The lowest BCUT2D eigenvalue weighted by Crippen LogP contribution is -2.16. The average molecular weight is 432 g/mol. The Balaban J connectivity index is 1.53. The zero-order valence-electron chi connectivity index (χ0n) is 17.9. The van der Waals surface area contributed by atoms with Gasteiger partial charge < -0.3 is 13.8 Å². The van der Waals surface area contributed by atoms with Crippen LogP contribution in [0.5, 0.6) is 0 Å². The molecule has 0 unspecified atom stereocenters. The summed E-state index contributed by atoms with van der Waals surface area (Å²) < 4.78 is 25.6. The van der Waals surface area contributed by atoms with Crippen molar-refractivity contribution in [3.05, 3.63) is 94.8 Å². The first-order valence-corrected chi connectivity index (χ1v) is 10.0. The molecule has 2 aromatic carbocycles. The summed E-state index contributed by atoms with van der Waals surface area (Å²) in [5.41, 5.74) is 3.95. The number of carbonyl (C=O) groups excluding carboxylic acids is 2. The lowest BCUT2D eigenvalue weighted by Gasteiger charge is -2.10. The number of carbonyl (C=O) groups is 2. The summed E-state index contributed by atoms with van der Waals surface area (Å²) in [5, 5.41) is 3.97. The van der Waals surface area contributed by atoms with E-state index < -0.39 is 12.6 Å². The molecule has 7 heteroatoms. The fourth-order valence-electron chi connectivity index (χ4n) is 3.72. The van der Waals surface area contributed by atoms with Gasteiger partial charge in [0, 0.05) is 28.2 Å². The largest absolute Gasteiger partial charge is 0.454 e. The van der Waals surface area contributed by atoms with Gasteiger partial charge in [0.2, 0.25) is 5.78 Å². The number of hydrogen-bond acceptors (Lipinski definition) is 5. The molecule has 2 heterocycles. The van der Waals surface area contributed by atoms with Crippen LogP contribution >= 0.6 is 0 Å². The number of esters is 1. The van der Waals surface area contributed by atoms with Gasteiger partial charge in [-0.1, -0.05) is 35.5 Å². The average Bonchev–Trinajstić information content (AvgIpc) is 3.32. The summed E-state index contributed by atoms with van der Waals surface area (Å²) >= 11 is 0. The molecule has 0 saturated carbocycles. The molecule has 4 aromatic rings. The van der Waals surface area contributed by atoms with E-state index in [1.807, 2.05) is 41.8 Å². The van der Waals surface area contributed by atoms with Crippen molar-refractivity contribution in [3.8, 4) is 16.9 Å². The molecule has 0 bridgehead atoms. The third-order valence-electron chi connectivity index (χ3n) is 5.26. The van der Waals surface area contributed by atoms with E-state index in [1.165, 1.54) is 12.1 Å². The van der Waals surface area contributed by atoms with Crippen molar-refractivity contribution < 1.29 is 23.2 Å². The smallest absolute Gasteiger partial charge is 0.344 e. The lowest BCUT2D eigenvalue weighted by molar-refractivity contribution is 0.0473. The third-order valence-corrected chi connectivity index (χ3v) is 5.26. The Morgan fingerprint density at radius 3 is 2.41 bits per heavy atom. The number of halogens is 1. The van der Waals surface area contributed by atoms with Crippen molar-refractivity contribution in [1.82, 2.24) is 9.72 Å². The normalized spacial score (nSPS) is 10.9. The van der Waals surface area contributed by atoms with Crippen molar-refractivity contribution in [2.45, 2.75) is 20.8 Å². The van der Waals surface area contributed by atoms with Gasteiger partial charge in [-0.2, -0.15) is 0 Å². The van der Waals surface area contributed by atoms with Crippen LogP contribution in [0.3, 0.4) is 0 Å². The van der Waals surface area contributed by atoms with Gasteiger partial charge in [0.1, 0.15) is 22.8 Å². The Morgan fingerprint density at radius 1 is 1.03 bits per heavy atom. The van der Waals surface area contributed by atoms with Gasteiger partial charge in [-0.05, 0) is 51.1 Å². The van der Waals surface area contributed by atoms with E-state index in [9.17, 15) is 14.0 Å². The van der Waals surface area contributed by atoms with Crippen LogP contribution in [0.15, 0.2) is 65.2 Å². The van der Waals surface area contributed by atoms with Crippen molar-refractivity contribution in [2.24, 2.45) is 0 Å². The number of nitrogens with zero attached hydrogens (tertiary/aromatic N) is 2. The highest BCUT2D eigenvalue weighted by Gasteiger charge is 2.25. The summed E-state index contributed by atoms with van der Waals surface area (Å²) in [6, 6.07) is 16.9. The number of benzene rings is 2. The van der Waals surface area contributed by atoms with E-state index in [-0.39, 0.29) is 17.2 Å². The predicted molar refractivity (Wildman–Crippen MR) is 116 cm³/mol. The van der Waals surface area contributed by atoms with Crippen molar-refractivity contribution in [1.29, 1.82) is 0 Å². The van der Waals surface area contributed by atoms with E-state index in [0.29, 0.717) is 28.3 Å². The first-order valence-electron chi connectivity index (χ1n) is 10.0. The van der Waals surface area contributed by atoms with Crippen LogP contribution in [0.1, 0.15) is 37.9 Å². The fraction of sp³-hybridized carbons (Fsp3) is 0.160. The number of Topliss-reactive ketones (excluding diaryl/α,β-unsaturated/α-hetero) is 1. The minimum absolute atomic E-state index is 0.195. The van der Waals surface area contributed by atoms with Crippen molar-refractivity contribution in [2.75, 3.05) is 6.61 Å². The summed E-state index contributed by atoms with van der Waals surface area (Å²) in [7, 11) is 0. The number of aromatic nitrogens is 2. The minimum atomic E-state index is -0.678. The topological polar surface area (TPSA) is 74.3 Å². The zero-order valence-corrected chi connectivity index (χ0v) is 17.9. The first-order chi connectivity index (χ1) is 15.4. The number of ether oxygens (including phenoxy) is 1. The maximum absolute atomic E-state index is 13.3. The molecule has 0 aliphatic heterocycles. The summed E-state index contributed by atoms with van der Waals surface area (Å²) in [5.74, 6) is -1.03. The summed E-state index contributed by atoms with van der Waals surface area (Å²) in [6.07, 6.45) is 0. The van der Waals surface area contributed by atoms with Gasteiger partial charge in [-0.15, -0.1) is 0 Å². The lowest BCUT2D eigenvalue weighted by atomic mass is 10.1. The van der Waals surface area contributed by atoms with Gasteiger partial charge in [-0.25, -0.2) is 9.18 Å². The monoisotopic (exact) mass is 432 g/mol. The highest BCUT2D eigenvalue weighted by molar-refractivity contribution is 6.02. The van der Waals surface area contributed by atoms with Crippen LogP contribution in [0.25, 0.3) is 16.9 Å². The fourth-order valence-corrected chi connectivity index (χ4v) is 3.72. The maximum Gasteiger partial charge on any atom is 0.344 e. The van der Waals surface area contributed by atoms with Crippen molar-refractivity contribution in [3.63, 3.8) is 0 Å². The molecule has 2 aromatic heterocycles. The van der Waals surface area contributed by atoms with Gasteiger partial charge in [0.15, 0.2) is 6.61 Å². The summed E-state index contributed by atoms with van der Waals surface area (Å²) in [4.78, 5) is 25.6. The molecule has 0 atom stereocenters. The maximum atomic E-state index is 13.3. The molecule has 0 spiro atoms. The number of ketones is 1. The Morgan fingerprint density at radius 2 is 1.72 bits per heavy atom. The number of rotatable bonds is 6. The molecule has 0 aliphatic carbocycles. The molecule has 0 fully saturated rings. The quantitative estimate of drug-likeness (QED) is 0.308. The second-order valence-corrected chi connectivity index (χ2v) is 7.42. The van der Waals surface area contributed by atoms with Gasteiger partial charge in [0.25, 0.3) is 0 Å². The molecule has 0 radical (unpaired) electrons. The molecular weight excluding hydrogens is 411 g/mol. The van der Waals surface area contributed by atoms with Gasteiger partial charge in [-0.3, -0.25) is 4.79 Å². The Hall–Kier alpha value is -4.00. The third kappa shape index (κ3) is 3.97. The number of hydrogen-bond donors (Lipinski definition) is 0. The van der Waals surface area contributed by atoms with Crippen LogP contribution in [0, 0.1) is 26.6 Å². The van der Waals surface area contributed by atoms with E-state index in [4.69, 9.17) is 9.26 Å². The number of aryl methyl sites for hydroxylation is 2. The van der Waals surface area contributed by atoms with Crippen molar-refractivity contribution >= 4 is 11.8 Å². The standard InChI is InChI=1S/C25H21FN2O4/c1-15-13-21(16(2)28(15)20-11-9-19(26)10-12-20)22(29)14-31-25(30)23-17(3)32-27-24(23)18-7-5-4-6-8-18/h4-13H,14H2,1-3H3. The molecule has 0 amide bonds. The molecule has 6 nitrogen and oxygen atoms in total. The Labute approximate surface area is 184 Å². The van der Waals surface area contributed by atoms with Gasteiger partial charge in [0.05, 0.1) is 0 Å². The SMILES string of the molecule is Cc1onc(-c2ccccc2)c1C(=O)OCC(=O)c1cc(C)n(-c2ccc(F)cc2)c1C. The van der Waals surface area contributed by atoms with E-state index in [1.54, 1.807) is 32.0 Å².